The summed E-state index contributed by atoms with van der Waals surface area (Å²) in [4.78, 5) is 15.2. The van der Waals surface area contributed by atoms with Crippen LogP contribution in [-0.4, -0.2) is 48.9 Å². The molecule has 3 heteroatoms. The maximum absolute atomic E-state index is 11.4. The molecule has 1 atom stereocenters. The van der Waals surface area contributed by atoms with Crippen molar-refractivity contribution >= 4 is 5.91 Å². The van der Waals surface area contributed by atoms with Gasteiger partial charge in [0.1, 0.15) is 0 Å². The minimum absolute atomic E-state index is 0.247. The second-order valence-corrected chi connectivity index (χ2v) is 4.00. The number of amides is 1. The van der Waals surface area contributed by atoms with E-state index in [-0.39, 0.29) is 5.91 Å². The van der Waals surface area contributed by atoms with Gasteiger partial charge in [0.2, 0.25) is 5.91 Å². The fourth-order valence-electron chi connectivity index (χ4n) is 1.48. The summed E-state index contributed by atoms with van der Waals surface area (Å²) < 4.78 is 0. The van der Waals surface area contributed by atoms with Crippen LogP contribution in [0.5, 0.6) is 0 Å². The molecular weight excluding hydrogens is 176 g/mol. The van der Waals surface area contributed by atoms with Crippen LogP contribution in [0.2, 0.25) is 0 Å². The molecule has 1 saturated heterocycles. The smallest absolute Gasteiger partial charge is 0.223 e. The first-order valence-corrected chi connectivity index (χ1v) is 5.01. The third kappa shape index (κ3) is 3.04. The number of carbonyl (C=O) groups excluding carboxylic acids is 1. The molecule has 14 heavy (non-hydrogen) atoms. The number of likely N-dealkylation sites (tertiary alicyclic amines) is 1. The molecule has 1 amide bonds. The molecule has 0 spiro atoms. The van der Waals surface area contributed by atoms with E-state index in [1.165, 1.54) is 0 Å². The lowest BCUT2D eigenvalue weighted by atomic mass is 10.2. The van der Waals surface area contributed by atoms with E-state index in [2.05, 4.69) is 18.8 Å². The predicted molar refractivity (Wildman–Crippen MR) is 56.7 cm³/mol. The average molecular weight is 194 g/mol. The van der Waals surface area contributed by atoms with Gasteiger partial charge in [-0.15, -0.1) is 0 Å². The van der Waals surface area contributed by atoms with E-state index < -0.39 is 0 Å². The van der Waals surface area contributed by atoms with Gasteiger partial charge in [-0.25, -0.2) is 0 Å². The summed E-state index contributed by atoms with van der Waals surface area (Å²) in [6.07, 6.45) is 1.67. The summed E-state index contributed by atoms with van der Waals surface area (Å²) in [5, 5.41) is 0. The molecule has 0 aromatic carbocycles. The largest absolute Gasteiger partial charge is 0.329 e. The number of carbonyl (C=O) groups is 1. The van der Waals surface area contributed by atoms with Crippen molar-refractivity contribution in [2.24, 2.45) is 0 Å². The van der Waals surface area contributed by atoms with Crippen molar-refractivity contribution in [1.29, 1.82) is 0 Å². The second-order valence-electron chi connectivity index (χ2n) is 4.00. The summed E-state index contributed by atoms with van der Waals surface area (Å²) >= 11 is 0. The van der Waals surface area contributed by atoms with Crippen LogP contribution in [0.25, 0.3) is 0 Å². The second kappa shape index (κ2) is 5.02. The molecule has 3 nitrogen and oxygen atoms in total. The van der Waals surface area contributed by atoms with E-state index in [9.17, 15) is 4.79 Å². The molecule has 0 bridgehead atoms. The third-order valence-corrected chi connectivity index (χ3v) is 2.40. The van der Waals surface area contributed by atoms with Gasteiger partial charge in [-0.2, -0.15) is 0 Å². The summed E-state index contributed by atoms with van der Waals surface area (Å²) in [6.45, 7) is 3.43. The molecule has 1 aliphatic heterocycles. The highest BCUT2D eigenvalue weighted by atomic mass is 16.2. The SMILES string of the molecule is C[C@H]1CCC(=O)N1CC#CCN(C)C. The van der Waals surface area contributed by atoms with Crippen LogP contribution in [-0.2, 0) is 4.79 Å². The molecule has 0 aliphatic carbocycles. The molecule has 1 fully saturated rings. The van der Waals surface area contributed by atoms with Crippen molar-refractivity contribution in [2.45, 2.75) is 25.8 Å². The molecular formula is C11H18N2O. The lowest BCUT2D eigenvalue weighted by molar-refractivity contribution is -0.128. The molecule has 1 aliphatic rings. The molecule has 0 saturated carbocycles. The molecule has 0 radical (unpaired) electrons. The van der Waals surface area contributed by atoms with Crippen molar-refractivity contribution < 1.29 is 4.79 Å². The zero-order valence-electron chi connectivity index (χ0n) is 9.21. The van der Waals surface area contributed by atoms with Crippen LogP contribution in [0, 0.1) is 11.8 Å². The van der Waals surface area contributed by atoms with E-state index in [1.807, 2.05) is 23.9 Å². The van der Waals surface area contributed by atoms with Crippen LogP contribution in [0.4, 0.5) is 0 Å². The number of rotatable bonds is 2. The van der Waals surface area contributed by atoms with Crippen molar-refractivity contribution in [2.75, 3.05) is 27.2 Å². The van der Waals surface area contributed by atoms with Crippen LogP contribution in [0.1, 0.15) is 19.8 Å². The maximum Gasteiger partial charge on any atom is 0.223 e. The van der Waals surface area contributed by atoms with Gasteiger partial charge in [0.15, 0.2) is 0 Å². The Morgan fingerprint density at radius 2 is 2.21 bits per heavy atom. The van der Waals surface area contributed by atoms with E-state index in [4.69, 9.17) is 0 Å². The van der Waals surface area contributed by atoms with Gasteiger partial charge in [0, 0.05) is 12.5 Å². The van der Waals surface area contributed by atoms with Crippen molar-refractivity contribution in [3.05, 3.63) is 0 Å². The zero-order chi connectivity index (χ0) is 10.6. The number of nitrogens with zero attached hydrogens (tertiary/aromatic N) is 2. The highest BCUT2D eigenvalue weighted by Gasteiger charge is 2.26. The fraction of sp³-hybridized carbons (Fsp3) is 0.727. The van der Waals surface area contributed by atoms with E-state index in [1.54, 1.807) is 0 Å². The fourth-order valence-corrected chi connectivity index (χ4v) is 1.48. The van der Waals surface area contributed by atoms with Gasteiger partial charge >= 0.3 is 0 Å². The Labute approximate surface area is 86.1 Å². The van der Waals surface area contributed by atoms with Crippen LogP contribution >= 0.6 is 0 Å². The van der Waals surface area contributed by atoms with Gasteiger partial charge in [-0.05, 0) is 27.4 Å². The van der Waals surface area contributed by atoms with Gasteiger partial charge in [0.25, 0.3) is 0 Å². The van der Waals surface area contributed by atoms with Crippen molar-refractivity contribution in [3.63, 3.8) is 0 Å². The molecule has 0 aromatic heterocycles. The summed E-state index contributed by atoms with van der Waals surface area (Å²) in [7, 11) is 3.97. The molecule has 0 N–H and O–H groups in total. The maximum atomic E-state index is 11.4. The van der Waals surface area contributed by atoms with Gasteiger partial charge in [0.05, 0.1) is 13.1 Å². The van der Waals surface area contributed by atoms with Crippen LogP contribution in [0.3, 0.4) is 0 Å². The Morgan fingerprint density at radius 3 is 2.71 bits per heavy atom. The Balaban J connectivity index is 2.35. The predicted octanol–water partition coefficient (Wildman–Crippen LogP) is 0.562. The van der Waals surface area contributed by atoms with E-state index in [0.29, 0.717) is 19.0 Å². The minimum Gasteiger partial charge on any atom is -0.329 e. The van der Waals surface area contributed by atoms with E-state index >= 15 is 0 Å². The van der Waals surface area contributed by atoms with Crippen LogP contribution in [0.15, 0.2) is 0 Å². The first-order valence-electron chi connectivity index (χ1n) is 5.01. The molecule has 78 valence electrons. The van der Waals surface area contributed by atoms with Crippen molar-refractivity contribution in [1.82, 2.24) is 9.80 Å². The lowest BCUT2D eigenvalue weighted by Gasteiger charge is -2.18. The highest BCUT2D eigenvalue weighted by Crippen LogP contribution is 2.16. The Morgan fingerprint density at radius 1 is 1.50 bits per heavy atom. The normalized spacial score (nSPS) is 21.3. The average Bonchev–Trinajstić information content (AvgIpc) is 2.42. The summed E-state index contributed by atoms with van der Waals surface area (Å²) in [5.41, 5.74) is 0. The van der Waals surface area contributed by atoms with Gasteiger partial charge in [-0.3, -0.25) is 9.69 Å². The van der Waals surface area contributed by atoms with Gasteiger partial charge in [-0.1, -0.05) is 11.8 Å². The Bertz CT molecular complexity index is 262. The quantitative estimate of drug-likeness (QED) is 0.600. The third-order valence-electron chi connectivity index (χ3n) is 2.40. The molecule has 1 heterocycles. The Hall–Kier alpha value is -1.01. The minimum atomic E-state index is 0.247. The lowest BCUT2D eigenvalue weighted by Crippen LogP contribution is -2.31. The van der Waals surface area contributed by atoms with Crippen molar-refractivity contribution in [3.8, 4) is 11.8 Å². The standard InChI is InChI=1S/C11H18N2O/c1-10-6-7-11(14)13(10)9-5-4-8-12(2)3/h10H,6-9H2,1-3H3/t10-/m0/s1. The number of hydrogen-bond acceptors (Lipinski definition) is 2. The first kappa shape index (κ1) is 11.1. The summed E-state index contributed by atoms with van der Waals surface area (Å²) in [5.74, 6) is 6.31. The first-order chi connectivity index (χ1) is 6.61. The summed E-state index contributed by atoms with van der Waals surface area (Å²) in [6, 6.07) is 0.371. The number of hydrogen-bond donors (Lipinski definition) is 0. The Kier molecular flexibility index (Phi) is 3.97. The highest BCUT2D eigenvalue weighted by molar-refractivity contribution is 5.78. The molecule has 1 rings (SSSR count). The van der Waals surface area contributed by atoms with Gasteiger partial charge < -0.3 is 4.90 Å². The van der Waals surface area contributed by atoms with Crippen LogP contribution < -0.4 is 0 Å². The topological polar surface area (TPSA) is 23.6 Å². The molecule has 0 aromatic rings. The monoisotopic (exact) mass is 194 g/mol. The molecule has 0 unspecified atom stereocenters. The zero-order valence-corrected chi connectivity index (χ0v) is 9.21. The van der Waals surface area contributed by atoms with E-state index in [0.717, 1.165) is 13.0 Å².